The number of rotatable bonds is 10. The smallest absolute Gasteiger partial charge is 0.246 e. The van der Waals surface area contributed by atoms with Gasteiger partial charge in [0, 0.05) is 25.4 Å². The molecule has 1 aromatic carbocycles. The number of nitrogens with zero attached hydrogens (tertiary/aromatic N) is 1. The van der Waals surface area contributed by atoms with Crippen molar-refractivity contribution in [1.29, 1.82) is 0 Å². The number of aliphatic imine (C=N–C) groups is 1. The summed E-state index contributed by atoms with van der Waals surface area (Å²) in [6, 6.07) is 5.61. The Bertz CT molecular complexity index is 532. The van der Waals surface area contributed by atoms with Gasteiger partial charge in [0.2, 0.25) is 5.91 Å². The third-order valence-electron chi connectivity index (χ3n) is 3.23. The van der Waals surface area contributed by atoms with Crippen LogP contribution < -0.4 is 16.0 Å². The summed E-state index contributed by atoms with van der Waals surface area (Å²) in [5.74, 6) is 0.581. The molecule has 1 aromatic rings. The molecule has 0 fully saturated rings. The molecule has 1 rings (SSSR count). The number of halogens is 1. The first-order chi connectivity index (χ1) is 12.0. The van der Waals surface area contributed by atoms with Gasteiger partial charge in [-0.05, 0) is 43.5 Å². The SMILES string of the molecule is CCNC(=NCC(=O)Nc1ccc(F)cc1)NCCOCCC(C)C. The molecule has 0 aliphatic rings. The van der Waals surface area contributed by atoms with E-state index >= 15 is 0 Å². The van der Waals surface area contributed by atoms with Gasteiger partial charge in [0.25, 0.3) is 0 Å². The average molecular weight is 352 g/mol. The largest absolute Gasteiger partial charge is 0.380 e. The van der Waals surface area contributed by atoms with Crippen molar-refractivity contribution in [3.05, 3.63) is 30.1 Å². The lowest BCUT2D eigenvalue weighted by Crippen LogP contribution is -2.39. The van der Waals surface area contributed by atoms with E-state index in [1.165, 1.54) is 24.3 Å². The van der Waals surface area contributed by atoms with Crippen molar-refractivity contribution in [2.24, 2.45) is 10.9 Å². The molecule has 0 saturated carbocycles. The second kappa shape index (κ2) is 12.2. The van der Waals surface area contributed by atoms with Crippen LogP contribution >= 0.6 is 0 Å². The zero-order valence-corrected chi connectivity index (χ0v) is 15.3. The van der Waals surface area contributed by atoms with Crippen LogP contribution in [0.3, 0.4) is 0 Å². The number of benzene rings is 1. The highest BCUT2D eigenvalue weighted by Crippen LogP contribution is 2.07. The normalized spacial score (nSPS) is 11.5. The summed E-state index contributed by atoms with van der Waals surface area (Å²) >= 11 is 0. The number of carbonyl (C=O) groups excluding carboxylic acids is 1. The molecule has 3 N–H and O–H groups in total. The molecule has 0 saturated heterocycles. The number of carbonyl (C=O) groups is 1. The Labute approximate surface area is 149 Å². The lowest BCUT2D eigenvalue weighted by Gasteiger charge is -2.12. The number of amides is 1. The molecule has 0 unspecified atom stereocenters. The fourth-order valence-electron chi connectivity index (χ4n) is 1.89. The van der Waals surface area contributed by atoms with E-state index < -0.39 is 0 Å². The topological polar surface area (TPSA) is 74.8 Å². The fourth-order valence-corrected chi connectivity index (χ4v) is 1.89. The fraction of sp³-hybridized carbons (Fsp3) is 0.556. The van der Waals surface area contributed by atoms with Crippen LogP contribution in [0.5, 0.6) is 0 Å². The second-order valence-electron chi connectivity index (χ2n) is 5.97. The summed E-state index contributed by atoms with van der Waals surface area (Å²) in [7, 11) is 0. The minimum atomic E-state index is -0.342. The molecule has 7 heteroatoms. The molecule has 0 bridgehead atoms. The lowest BCUT2D eigenvalue weighted by atomic mass is 10.1. The highest BCUT2D eigenvalue weighted by atomic mass is 19.1. The molecule has 1 amide bonds. The van der Waals surface area contributed by atoms with Crippen LogP contribution in [0.15, 0.2) is 29.3 Å². The van der Waals surface area contributed by atoms with Crippen LogP contribution in [0.2, 0.25) is 0 Å². The van der Waals surface area contributed by atoms with Crippen molar-refractivity contribution in [1.82, 2.24) is 10.6 Å². The summed E-state index contributed by atoms with van der Waals surface area (Å²) in [5.41, 5.74) is 0.540. The van der Waals surface area contributed by atoms with E-state index in [0.29, 0.717) is 37.3 Å². The van der Waals surface area contributed by atoms with Crippen LogP contribution in [0.4, 0.5) is 10.1 Å². The Morgan fingerprint density at radius 3 is 2.56 bits per heavy atom. The second-order valence-corrected chi connectivity index (χ2v) is 5.97. The van der Waals surface area contributed by atoms with Crippen LogP contribution in [0, 0.1) is 11.7 Å². The van der Waals surface area contributed by atoms with E-state index in [9.17, 15) is 9.18 Å². The Morgan fingerprint density at radius 2 is 1.92 bits per heavy atom. The van der Waals surface area contributed by atoms with E-state index in [0.717, 1.165) is 13.0 Å². The van der Waals surface area contributed by atoms with Crippen molar-refractivity contribution in [2.75, 3.05) is 38.2 Å². The van der Waals surface area contributed by atoms with Gasteiger partial charge in [-0.25, -0.2) is 9.38 Å². The van der Waals surface area contributed by atoms with E-state index in [4.69, 9.17) is 4.74 Å². The monoisotopic (exact) mass is 352 g/mol. The molecule has 0 aliphatic heterocycles. The van der Waals surface area contributed by atoms with Gasteiger partial charge in [0.15, 0.2) is 5.96 Å². The van der Waals surface area contributed by atoms with E-state index in [1.54, 1.807) is 0 Å². The molecule has 6 nitrogen and oxygen atoms in total. The van der Waals surface area contributed by atoms with Gasteiger partial charge in [0.1, 0.15) is 12.4 Å². The molecule has 0 aliphatic carbocycles. The van der Waals surface area contributed by atoms with Gasteiger partial charge in [-0.2, -0.15) is 0 Å². The van der Waals surface area contributed by atoms with Crippen molar-refractivity contribution >= 4 is 17.6 Å². The van der Waals surface area contributed by atoms with Crippen molar-refractivity contribution in [3.63, 3.8) is 0 Å². The van der Waals surface area contributed by atoms with Crippen molar-refractivity contribution < 1.29 is 13.9 Å². The van der Waals surface area contributed by atoms with Crippen LogP contribution in [0.25, 0.3) is 0 Å². The summed E-state index contributed by atoms with van der Waals surface area (Å²) in [6.45, 7) is 8.88. The van der Waals surface area contributed by atoms with E-state index in [2.05, 4.69) is 34.8 Å². The highest BCUT2D eigenvalue weighted by molar-refractivity contribution is 5.94. The Balaban J connectivity index is 2.33. The Hall–Kier alpha value is -2.15. The zero-order chi connectivity index (χ0) is 18.5. The number of hydrogen-bond donors (Lipinski definition) is 3. The number of ether oxygens (including phenoxy) is 1. The first kappa shape index (κ1) is 20.9. The first-order valence-electron chi connectivity index (χ1n) is 8.66. The first-order valence-corrected chi connectivity index (χ1v) is 8.66. The summed E-state index contributed by atoms with van der Waals surface area (Å²) in [6.07, 6.45) is 1.04. The number of nitrogens with one attached hydrogen (secondary N) is 3. The number of anilines is 1. The van der Waals surface area contributed by atoms with Crippen LogP contribution in [-0.4, -0.2) is 44.7 Å². The quantitative estimate of drug-likeness (QED) is 0.343. The molecular weight excluding hydrogens is 323 g/mol. The number of hydrogen-bond acceptors (Lipinski definition) is 3. The molecule has 140 valence electrons. The van der Waals surface area contributed by atoms with Gasteiger partial charge in [0.05, 0.1) is 6.61 Å². The summed E-state index contributed by atoms with van der Waals surface area (Å²) < 4.78 is 18.4. The minimum Gasteiger partial charge on any atom is -0.380 e. The van der Waals surface area contributed by atoms with E-state index in [-0.39, 0.29) is 18.3 Å². The zero-order valence-electron chi connectivity index (χ0n) is 15.3. The maximum absolute atomic E-state index is 12.8. The summed E-state index contributed by atoms with van der Waals surface area (Å²) in [5, 5.41) is 8.86. The molecule has 25 heavy (non-hydrogen) atoms. The van der Waals surface area contributed by atoms with Gasteiger partial charge in [-0.1, -0.05) is 13.8 Å². The lowest BCUT2D eigenvalue weighted by molar-refractivity contribution is -0.114. The maximum Gasteiger partial charge on any atom is 0.246 e. The van der Waals surface area contributed by atoms with Gasteiger partial charge < -0.3 is 20.7 Å². The summed E-state index contributed by atoms with van der Waals surface area (Å²) in [4.78, 5) is 16.1. The van der Waals surface area contributed by atoms with Crippen molar-refractivity contribution in [3.8, 4) is 0 Å². The van der Waals surface area contributed by atoms with Gasteiger partial charge in [-0.15, -0.1) is 0 Å². The minimum absolute atomic E-state index is 0.0269. The average Bonchev–Trinajstić information content (AvgIpc) is 2.57. The Kier molecular flexibility index (Phi) is 10.2. The Morgan fingerprint density at radius 1 is 1.20 bits per heavy atom. The third kappa shape index (κ3) is 10.3. The van der Waals surface area contributed by atoms with Crippen LogP contribution in [-0.2, 0) is 9.53 Å². The molecule has 0 aromatic heterocycles. The van der Waals surface area contributed by atoms with E-state index in [1.807, 2.05) is 6.92 Å². The molecule has 0 heterocycles. The van der Waals surface area contributed by atoms with Crippen LogP contribution in [0.1, 0.15) is 27.2 Å². The van der Waals surface area contributed by atoms with Gasteiger partial charge >= 0.3 is 0 Å². The third-order valence-corrected chi connectivity index (χ3v) is 3.23. The standard InChI is InChI=1S/C18H29FN4O2/c1-4-20-18(21-10-12-25-11-9-14(2)3)22-13-17(24)23-16-7-5-15(19)6-8-16/h5-8,14H,4,9-13H2,1-3H3,(H,23,24)(H2,20,21,22). The highest BCUT2D eigenvalue weighted by Gasteiger charge is 2.03. The van der Waals surface area contributed by atoms with Crippen molar-refractivity contribution in [2.45, 2.75) is 27.2 Å². The molecule has 0 radical (unpaired) electrons. The molecule has 0 atom stereocenters. The maximum atomic E-state index is 12.8. The number of guanidine groups is 1. The predicted octanol–water partition coefficient (Wildman–Crippen LogP) is 2.38. The molecular formula is C18H29FN4O2. The predicted molar refractivity (Wildman–Crippen MR) is 99.3 cm³/mol. The van der Waals surface area contributed by atoms with Gasteiger partial charge in [-0.3, -0.25) is 4.79 Å². The molecule has 0 spiro atoms.